The molecule has 120 valence electrons. The highest BCUT2D eigenvalue weighted by molar-refractivity contribution is 9.11. The van der Waals surface area contributed by atoms with Gasteiger partial charge >= 0.3 is 0 Å². The molecule has 0 spiro atoms. The predicted octanol–water partition coefficient (Wildman–Crippen LogP) is 7.80. The zero-order chi connectivity index (χ0) is 17.0. The SMILES string of the molecule is Brc1cc(Br)cc(-c2ccc3c(c2)Oc2cccc4cccc-3c24)c1. The highest BCUT2D eigenvalue weighted by Crippen LogP contribution is 2.47. The third-order valence-electron chi connectivity index (χ3n) is 4.55. The zero-order valence-electron chi connectivity index (χ0n) is 13.1. The third kappa shape index (κ3) is 2.50. The molecule has 0 atom stereocenters. The Morgan fingerprint density at radius 3 is 2.16 bits per heavy atom. The Balaban J connectivity index is 1.72. The van der Waals surface area contributed by atoms with Gasteiger partial charge in [0.1, 0.15) is 11.5 Å². The van der Waals surface area contributed by atoms with Crippen LogP contribution in [-0.2, 0) is 0 Å². The maximum Gasteiger partial charge on any atom is 0.135 e. The first-order valence-corrected chi connectivity index (χ1v) is 9.58. The van der Waals surface area contributed by atoms with E-state index in [0.717, 1.165) is 37.1 Å². The van der Waals surface area contributed by atoms with Crippen LogP contribution in [0.4, 0.5) is 0 Å². The Bertz CT molecular complexity index is 1120. The molecule has 1 aliphatic rings. The van der Waals surface area contributed by atoms with Crippen molar-refractivity contribution in [3.8, 4) is 33.8 Å². The summed E-state index contributed by atoms with van der Waals surface area (Å²) in [6.45, 7) is 0. The molecule has 1 nitrogen and oxygen atoms in total. The van der Waals surface area contributed by atoms with Gasteiger partial charge in [-0.2, -0.15) is 0 Å². The molecular formula is C22H12Br2O. The van der Waals surface area contributed by atoms with Crippen molar-refractivity contribution in [1.29, 1.82) is 0 Å². The fraction of sp³-hybridized carbons (Fsp3) is 0. The van der Waals surface area contributed by atoms with Gasteiger partial charge in [0, 0.05) is 19.9 Å². The second-order valence-electron chi connectivity index (χ2n) is 6.13. The molecule has 0 N–H and O–H groups in total. The van der Waals surface area contributed by atoms with E-state index in [1.807, 2.05) is 18.2 Å². The van der Waals surface area contributed by atoms with Gasteiger partial charge in [-0.3, -0.25) is 0 Å². The van der Waals surface area contributed by atoms with Gasteiger partial charge in [-0.15, -0.1) is 0 Å². The number of fused-ring (bicyclic) bond motifs is 2. The summed E-state index contributed by atoms with van der Waals surface area (Å²) in [5.74, 6) is 1.83. The molecule has 0 bridgehead atoms. The lowest BCUT2D eigenvalue weighted by atomic mass is 9.93. The van der Waals surface area contributed by atoms with Crippen LogP contribution in [0.25, 0.3) is 33.0 Å². The number of hydrogen-bond acceptors (Lipinski definition) is 1. The van der Waals surface area contributed by atoms with Crippen molar-refractivity contribution in [3.63, 3.8) is 0 Å². The number of ether oxygens (including phenoxy) is 1. The summed E-state index contributed by atoms with van der Waals surface area (Å²) in [6.07, 6.45) is 0. The number of halogens is 2. The summed E-state index contributed by atoms with van der Waals surface area (Å²) in [5, 5.41) is 2.40. The maximum atomic E-state index is 6.25. The molecule has 0 amide bonds. The summed E-state index contributed by atoms with van der Waals surface area (Å²) in [6, 6.07) is 25.3. The topological polar surface area (TPSA) is 9.23 Å². The van der Waals surface area contributed by atoms with E-state index in [1.165, 1.54) is 16.3 Å². The zero-order valence-corrected chi connectivity index (χ0v) is 16.3. The number of benzene rings is 4. The Morgan fingerprint density at radius 1 is 0.600 bits per heavy atom. The second kappa shape index (κ2) is 5.72. The minimum atomic E-state index is 0.903. The van der Waals surface area contributed by atoms with Gasteiger partial charge in [0.2, 0.25) is 0 Å². The minimum Gasteiger partial charge on any atom is -0.456 e. The van der Waals surface area contributed by atoms with E-state index in [1.54, 1.807) is 0 Å². The molecule has 0 saturated carbocycles. The van der Waals surface area contributed by atoms with Gasteiger partial charge in [0.05, 0.1) is 0 Å². The van der Waals surface area contributed by atoms with Crippen LogP contribution in [-0.4, -0.2) is 0 Å². The average Bonchev–Trinajstić information content (AvgIpc) is 2.61. The third-order valence-corrected chi connectivity index (χ3v) is 5.47. The van der Waals surface area contributed by atoms with E-state index in [2.05, 4.69) is 86.5 Å². The molecule has 4 aromatic rings. The molecule has 0 radical (unpaired) electrons. The fourth-order valence-corrected chi connectivity index (χ4v) is 4.76. The molecule has 1 heterocycles. The van der Waals surface area contributed by atoms with E-state index >= 15 is 0 Å². The monoisotopic (exact) mass is 450 g/mol. The smallest absolute Gasteiger partial charge is 0.135 e. The fourth-order valence-electron chi connectivity index (χ4n) is 3.46. The van der Waals surface area contributed by atoms with Crippen molar-refractivity contribution in [2.45, 2.75) is 0 Å². The van der Waals surface area contributed by atoms with Crippen molar-refractivity contribution in [2.75, 3.05) is 0 Å². The molecule has 0 fully saturated rings. The van der Waals surface area contributed by atoms with E-state index < -0.39 is 0 Å². The first kappa shape index (κ1) is 15.2. The van der Waals surface area contributed by atoms with Crippen molar-refractivity contribution >= 4 is 42.6 Å². The lowest BCUT2D eigenvalue weighted by molar-refractivity contribution is 0.487. The molecule has 0 saturated heterocycles. The summed E-state index contributed by atoms with van der Waals surface area (Å²) in [5.41, 5.74) is 4.65. The molecule has 0 aliphatic carbocycles. The molecule has 5 rings (SSSR count). The van der Waals surface area contributed by atoms with Crippen molar-refractivity contribution < 1.29 is 4.74 Å². The van der Waals surface area contributed by atoms with E-state index in [-0.39, 0.29) is 0 Å². The van der Waals surface area contributed by atoms with Crippen LogP contribution >= 0.6 is 31.9 Å². The number of rotatable bonds is 1. The summed E-state index contributed by atoms with van der Waals surface area (Å²) >= 11 is 7.13. The van der Waals surface area contributed by atoms with Crippen LogP contribution in [0.15, 0.2) is 81.7 Å². The van der Waals surface area contributed by atoms with Gasteiger partial charge < -0.3 is 4.74 Å². The lowest BCUT2D eigenvalue weighted by Crippen LogP contribution is -1.97. The molecule has 1 aliphatic heterocycles. The van der Waals surface area contributed by atoms with Gasteiger partial charge in [0.25, 0.3) is 0 Å². The summed E-state index contributed by atoms with van der Waals surface area (Å²) in [4.78, 5) is 0. The highest BCUT2D eigenvalue weighted by Gasteiger charge is 2.20. The lowest BCUT2D eigenvalue weighted by Gasteiger charge is -2.22. The molecule has 0 aromatic heterocycles. The van der Waals surface area contributed by atoms with E-state index in [0.29, 0.717) is 0 Å². The van der Waals surface area contributed by atoms with Crippen molar-refractivity contribution in [1.82, 2.24) is 0 Å². The largest absolute Gasteiger partial charge is 0.456 e. The van der Waals surface area contributed by atoms with Gasteiger partial charge in [-0.05, 0) is 58.5 Å². The Labute approximate surface area is 162 Å². The van der Waals surface area contributed by atoms with E-state index in [4.69, 9.17) is 4.74 Å². The Hall–Kier alpha value is -2.10. The van der Waals surface area contributed by atoms with Crippen LogP contribution < -0.4 is 4.74 Å². The van der Waals surface area contributed by atoms with Gasteiger partial charge in [0.15, 0.2) is 0 Å². The molecule has 0 unspecified atom stereocenters. The predicted molar refractivity (Wildman–Crippen MR) is 110 cm³/mol. The standard InChI is InChI=1S/C22H12Br2O/c23-16-9-15(10-17(24)12-16)14-7-8-18-19-5-1-3-13-4-2-6-20(22(13)19)25-21(18)11-14/h1-12H. The number of hydrogen-bond donors (Lipinski definition) is 0. The van der Waals surface area contributed by atoms with Crippen LogP contribution in [0.3, 0.4) is 0 Å². The second-order valence-corrected chi connectivity index (χ2v) is 7.96. The molecule has 25 heavy (non-hydrogen) atoms. The van der Waals surface area contributed by atoms with Crippen LogP contribution in [0.2, 0.25) is 0 Å². The average molecular weight is 452 g/mol. The normalized spacial score (nSPS) is 11.9. The van der Waals surface area contributed by atoms with E-state index in [9.17, 15) is 0 Å². The van der Waals surface area contributed by atoms with Crippen LogP contribution in [0.1, 0.15) is 0 Å². The molecule has 4 aromatic carbocycles. The maximum absolute atomic E-state index is 6.25. The molecular weight excluding hydrogens is 440 g/mol. The minimum absolute atomic E-state index is 0.903. The van der Waals surface area contributed by atoms with Crippen LogP contribution in [0, 0.1) is 0 Å². The highest BCUT2D eigenvalue weighted by atomic mass is 79.9. The van der Waals surface area contributed by atoms with Crippen LogP contribution in [0.5, 0.6) is 11.5 Å². The Kier molecular flexibility index (Phi) is 3.47. The quantitative estimate of drug-likeness (QED) is 0.252. The first-order valence-electron chi connectivity index (χ1n) is 7.99. The first-order chi connectivity index (χ1) is 12.2. The van der Waals surface area contributed by atoms with Crippen molar-refractivity contribution in [2.24, 2.45) is 0 Å². The Morgan fingerprint density at radius 2 is 1.36 bits per heavy atom. The summed E-state index contributed by atoms with van der Waals surface area (Å²) in [7, 11) is 0. The van der Waals surface area contributed by atoms with Gasteiger partial charge in [-0.1, -0.05) is 68.3 Å². The summed E-state index contributed by atoms with van der Waals surface area (Å²) < 4.78 is 8.34. The molecule has 3 heteroatoms. The van der Waals surface area contributed by atoms with Crippen molar-refractivity contribution in [3.05, 3.63) is 81.7 Å². The van der Waals surface area contributed by atoms with Gasteiger partial charge in [-0.25, -0.2) is 0 Å².